The summed E-state index contributed by atoms with van der Waals surface area (Å²) in [5.74, 6) is -0.370. The number of aliphatic carboxylic acids is 1. The summed E-state index contributed by atoms with van der Waals surface area (Å²) in [6.07, 6.45) is 0.846. The standard InChI is InChI=1S/C32H41N7O2.C2HF3O2/c33-31(40)29-30(23-6-8-27(9-7-23)41-26-4-2-1-3-5-26)36-39-28(10-15-35-32(29)39)22-11-16-37(17-12-22)24-13-18-38(19-14-24)25-20-34-21-25;3-2(4,5)1(6)7/h1-9,22,24-25,28,34-35H,10-21H2,(H2,33,40);(H,6,7)/t28-;/m0./s1. The molecule has 0 saturated carbocycles. The Bertz CT molecular complexity index is 1550. The number of hydrogen-bond acceptors (Lipinski definition) is 8. The lowest BCUT2D eigenvalue weighted by molar-refractivity contribution is -0.192. The third-order valence-corrected chi connectivity index (χ3v) is 9.96. The van der Waals surface area contributed by atoms with Crippen LogP contribution in [0.1, 0.15) is 48.5 Å². The molecule has 7 rings (SSSR count). The summed E-state index contributed by atoms with van der Waals surface area (Å²) in [4.78, 5) is 27.0. The number of nitrogens with zero attached hydrogens (tertiary/aromatic N) is 4. The normalized spacial score (nSPS) is 21.3. The van der Waals surface area contributed by atoms with Crippen LogP contribution in [-0.4, -0.2) is 101 Å². The van der Waals surface area contributed by atoms with Gasteiger partial charge in [-0.3, -0.25) is 9.69 Å². The van der Waals surface area contributed by atoms with Crippen molar-refractivity contribution in [1.29, 1.82) is 0 Å². The molecule has 3 saturated heterocycles. The van der Waals surface area contributed by atoms with Crippen molar-refractivity contribution >= 4 is 17.7 Å². The third kappa shape index (κ3) is 7.61. The Morgan fingerprint density at radius 1 is 0.854 bits per heavy atom. The lowest BCUT2D eigenvalue weighted by Gasteiger charge is -2.46. The number of nitrogens with two attached hydrogens (primary N) is 1. The molecule has 14 heteroatoms. The van der Waals surface area contributed by atoms with E-state index in [-0.39, 0.29) is 6.04 Å². The SMILES string of the molecule is NC(=O)c1c(-c2ccc(Oc3ccccc3)cc2)nn2c1NCC[C@H]2C1CCN(C2CCN(C3CNC3)CC2)CC1.O=C(O)C(F)(F)F. The molecule has 258 valence electrons. The van der Waals surface area contributed by atoms with E-state index in [9.17, 15) is 18.0 Å². The van der Waals surface area contributed by atoms with Crippen molar-refractivity contribution in [3.8, 4) is 22.8 Å². The maximum Gasteiger partial charge on any atom is 0.490 e. The van der Waals surface area contributed by atoms with E-state index in [1.165, 1.54) is 38.8 Å². The number of anilines is 1. The molecule has 1 atom stereocenters. The van der Waals surface area contributed by atoms with Gasteiger partial charge in [-0.25, -0.2) is 9.48 Å². The van der Waals surface area contributed by atoms with E-state index in [2.05, 4.69) is 25.1 Å². The fraction of sp³-hybridized carbons (Fsp3) is 0.500. The van der Waals surface area contributed by atoms with Crippen LogP contribution in [0.15, 0.2) is 54.6 Å². The fourth-order valence-corrected chi connectivity index (χ4v) is 7.30. The zero-order valence-corrected chi connectivity index (χ0v) is 26.7. The highest BCUT2D eigenvalue weighted by molar-refractivity contribution is 6.03. The van der Waals surface area contributed by atoms with Gasteiger partial charge in [0.2, 0.25) is 0 Å². The first-order valence-corrected chi connectivity index (χ1v) is 16.6. The molecule has 4 aliphatic heterocycles. The zero-order chi connectivity index (χ0) is 33.8. The molecular weight excluding hydrogens is 627 g/mol. The van der Waals surface area contributed by atoms with Crippen molar-refractivity contribution in [1.82, 2.24) is 24.9 Å². The highest BCUT2D eigenvalue weighted by Crippen LogP contribution is 2.40. The van der Waals surface area contributed by atoms with Crippen molar-refractivity contribution in [3.63, 3.8) is 0 Å². The number of alkyl halides is 3. The number of carboxylic acids is 1. The maximum atomic E-state index is 12.7. The molecule has 3 fully saturated rings. The van der Waals surface area contributed by atoms with Crippen molar-refractivity contribution in [2.45, 2.75) is 56.4 Å². The summed E-state index contributed by atoms with van der Waals surface area (Å²) in [5.41, 5.74) is 7.94. The van der Waals surface area contributed by atoms with Crippen LogP contribution in [0.5, 0.6) is 11.5 Å². The summed E-state index contributed by atoms with van der Waals surface area (Å²) in [6, 6.07) is 19.2. The zero-order valence-electron chi connectivity index (χ0n) is 26.7. The van der Waals surface area contributed by atoms with Gasteiger partial charge in [-0.1, -0.05) is 18.2 Å². The molecule has 4 aliphatic rings. The van der Waals surface area contributed by atoms with E-state index in [1.54, 1.807) is 0 Å². The molecule has 0 bridgehead atoms. The second-order valence-corrected chi connectivity index (χ2v) is 12.9. The number of carbonyl (C=O) groups is 2. The van der Waals surface area contributed by atoms with E-state index >= 15 is 0 Å². The Labute approximate surface area is 277 Å². The van der Waals surface area contributed by atoms with Gasteiger partial charge in [0.05, 0.1) is 6.04 Å². The van der Waals surface area contributed by atoms with Crippen molar-refractivity contribution < 1.29 is 32.6 Å². The average Bonchev–Trinajstić information content (AvgIpc) is 3.46. The van der Waals surface area contributed by atoms with Gasteiger partial charge in [0.25, 0.3) is 5.91 Å². The van der Waals surface area contributed by atoms with Crippen LogP contribution in [-0.2, 0) is 4.79 Å². The molecule has 2 aromatic carbocycles. The largest absolute Gasteiger partial charge is 0.490 e. The second-order valence-electron chi connectivity index (χ2n) is 12.9. The van der Waals surface area contributed by atoms with E-state index in [4.69, 9.17) is 25.5 Å². The summed E-state index contributed by atoms with van der Waals surface area (Å²) in [6.45, 7) is 7.93. The number of halogens is 3. The molecule has 0 spiro atoms. The lowest BCUT2D eigenvalue weighted by Crippen LogP contribution is -2.60. The highest BCUT2D eigenvalue weighted by atomic mass is 19.4. The second kappa shape index (κ2) is 14.5. The van der Waals surface area contributed by atoms with Gasteiger partial charge >= 0.3 is 12.1 Å². The Morgan fingerprint density at radius 2 is 1.44 bits per heavy atom. The molecule has 1 aromatic heterocycles. The molecule has 5 heterocycles. The molecule has 3 aromatic rings. The quantitative estimate of drug-likeness (QED) is 0.285. The number of carbonyl (C=O) groups excluding carboxylic acids is 1. The van der Waals surface area contributed by atoms with Crippen molar-refractivity contribution in [2.24, 2.45) is 11.7 Å². The molecule has 5 N–H and O–H groups in total. The minimum atomic E-state index is -5.08. The van der Waals surface area contributed by atoms with Gasteiger partial charge in [0.1, 0.15) is 28.6 Å². The van der Waals surface area contributed by atoms with E-state index in [1.807, 2.05) is 54.6 Å². The average molecular weight is 670 g/mol. The van der Waals surface area contributed by atoms with Gasteiger partial charge < -0.3 is 31.1 Å². The van der Waals surface area contributed by atoms with Gasteiger partial charge in [-0.15, -0.1) is 0 Å². The van der Waals surface area contributed by atoms with E-state index in [0.29, 0.717) is 17.2 Å². The van der Waals surface area contributed by atoms with Crippen LogP contribution < -0.4 is 21.1 Å². The predicted molar refractivity (Wildman–Crippen MR) is 174 cm³/mol. The molecule has 0 radical (unpaired) electrons. The number of amides is 1. The number of hydrogen-bond donors (Lipinski definition) is 4. The first-order valence-electron chi connectivity index (χ1n) is 16.6. The molecular formula is C34H42F3N7O4. The van der Waals surface area contributed by atoms with Gasteiger partial charge in [0.15, 0.2) is 0 Å². The number of nitrogens with one attached hydrogen (secondary N) is 2. The lowest BCUT2D eigenvalue weighted by atomic mass is 9.85. The molecule has 0 unspecified atom stereocenters. The number of para-hydroxylation sites is 1. The first-order chi connectivity index (χ1) is 23.1. The smallest absolute Gasteiger partial charge is 0.475 e. The van der Waals surface area contributed by atoms with E-state index < -0.39 is 18.1 Å². The minimum Gasteiger partial charge on any atom is -0.475 e. The highest BCUT2D eigenvalue weighted by Gasteiger charge is 2.39. The predicted octanol–water partition coefficient (Wildman–Crippen LogP) is 4.58. The summed E-state index contributed by atoms with van der Waals surface area (Å²) < 4.78 is 39.8. The molecule has 11 nitrogen and oxygen atoms in total. The number of benzene rings is 2. The minimum absolute atomic E-state index is 0.272. The number of carboxylic acid groups (broad SMARTS) is 1. The van der Waals surface area contributed by atoms with Gasteiger partial charge in [-0.05, 0) is 87.5 Å². The van der Waals surface area contributed by atoms with Crippen LogP contribution >= 0.6 is 0 Å². The third-order valence-electron chi connectivity index (χ3n) is 9.96. The number of piperidine rings is 2. The van der Waals surface area contributed by atoms with Crippen LogP contribution in [0, 0.1) is 5.92 Å². The van der Waals surface area contributed by atoms with Crippen molar-refractivity contribution in [2.75, 3.05) is 51.1 Å². The Morgan fingerprint density at radius 3 is 2.00 bits per heavy atom. The number of aromatic nitrogens is 2. The summed E-state index contributed by atoms with van der Waals surface area (Å²) in [7, 11) is 0. The van der Waals surface area contributed by atoms with Gasteiger partial charge in [-0.2, -0.15) is 18.3 Å². The number of fused-ring (bicyclic) bond motifs is 1. The monoisotopic (exact) mass is 669 g/mol. The fourth-order valence-electron chi connectivity index (χ4n) is 7.30. The number of likely N-dealkylation sites (tertiary alicyclic amines) is 2. The van der Waals surface area contributed by atoms with E-state index in [0.717, 1.165) is 74.1 Å². The molecule has 48 heavy (non-hydrogen) atoms. The Kier molecular flexibility index (Phi) is 10.2. The molecule has 1 amide bonds. The van der Waals surface area contributed by atoms with Crippen LogP contribution in [0.4, 0.5) is 19.0 Å². The summed E-state index contributed by atoms with van der Waals surface area (Å²) in [5, 5.41) is 19.0. The van der Waals surface area contributed by atoms with Crippen molar-refractivity contribution in [3.05, 3.63) is 60.2 Å². The Hall–Kier alpha value is -4.14. The number of primary amides is 1. The van der Waals surface area contributed by atoms with Crippen LogP contribution in [0.3, 0.4) is 0 Å². The van der Waals surface area contributed by atoms with Crippen LogP contribution in [0.25, 0.3) is 11.3 Å². The molecule has 0 aliphatic carbocycles. The number of ether oxygens (including phenoxy) is 1. The first kappa shape index (κ1) is 33.7. The maximum absolute atomic E-state index is 12.7. The Balaban J connectivity index is 0.000000519. The number of rotatable bonds is 7. The summed E-state index contributed by atoms with van der Waals surface area (Å²) >= 11 is 0. The van der Waals surface area contributed by atoms with Gasteiger partial charge in [0, 0.05) is 50.4 Å². The van der Waals surface area contributed by atoms with Crippen LogP contribution in [0.2, 0.25) is 0 Å². The topological polar surface area (TPSA) is 138 Å².